The van der Waals surface area contributed by atoms with Crippen LogP contribution in [0, 0.1) is 6.92 Å². The molecule has 0 saturated carbocycles. The fourth-order valence-electron chi connectivity index (χ4n) is 2.59. The van der Waals surface area contributed by atoms with E-state index in [1.165, 1.54) is 12.4 Å². The Morgan fingerprint density at radius 2 is 1.69 bits per heavy atom. The molecule has 2 heterocycles. The summed E-state index contributed by atoms with van der Waals surface area (Å²) in [5.41, 5.74) is 1.90. The second-order valence-electron chi connectivity index (χ2n) is 6.20. The van der Waals surface area contributed by atoms with Gasteiger partial charge in [-0.3, -0.25) is 0 Å². The van der Waals surface area contributed by atoms with E-state index in [0.717, 1.165) is 48.5 Å². The summed E-state index contributed by atoms with van der Waals surface area (Å²) in [6.45, 7) is 1.84. The van der Waals surface area contributed by atoms with Crippen LogP contribution in [0.15, 0.2) is 48.9 Å². The van der Waals surface area contributed by atoms with Gasteiger partial charge in [0.2, 0.25) is 5.88 Å². The van der Waals surface area contributed by atoms with Crippen molar-refractivity contribution in [3.8, 4) is 11.6 Å². The summed E-state index contributed by atoms with van der Waals surface area (Å²) < 4.78 is 43.1. The minimum atomic E-state index is -4.41. The number of halogens is 4. The van der Waals surface area contributed by atoms with Gasteiger partial charge in [-0.25, -0.2) is 15.0 Å². The van der Waals surface area contributed by atoms with Crippen LogP contribution in [0.5, 0.6) is 11.6 Å². The molecule has 0 unspecified atom stereocenters. The maximum Gasteiger partial charge on any atom is 0.417 e. The van der Waals surface area contributed by atoms with Crippen LogP contribution in [-0.2, 0) is 19.0 Å². The number of ether oxygens (including phenoxy) is 1. The van der Waals surface area contributed by atoms with E-state index in [2.05, 4.69) is 15.0 Å². The van der Waals surface area contributed by atoms with Gasteiger partial charge in [0.25, 0.3) is 0 Å². The molecule has 0 saturated heterocycles. The van der Waals surface area contributed by atoms with E-state index in [9.17, 15) is 13.2 Å². The molecule has 0 N–H and O–H groups in total. The number of rotatable bonds is 6. The van der Waals surface area contributed by atoms with Crippen LogP contribution >= 0.6 is 11.6 Å². The van der Waals surface area contributed by atoms with Crippen LogP contribution in [0.2, 0.25) is 5.02 Å². The lowest BCUT2D eigenvalue weighted by molar-refractivity contribution is -0.137. The Kier molecular flexibility index (Phi) is 7.56. The first kappa shape index (κ1) is 22.6. The molecule has 1 aromatic carbocycles. The number of nitrogens with zero attached hydrogens (tertiary/aromatic N) is 3. The summed E-state index contributed by atoms with van der Waals surface area (Å²) in [5, 5.41) is 0.607. The quantitative estimate of drug-likeness (QED) is 0.456. The molecule has 3 rings (SSSR count). The lowest BCUT2D eigenvalue weighted by atomic mass is 10.1. The highest BCUT2D eigenvalue weighted by atomic mass is 35.5. The Hall–Kier alpha value is -2.67. The van der Waals surface area contributed by atoms with E-state index in [1.54, 1.807) is 12.1 Å². The van der Waals surface area contributed by atoms with Crippen molar-refractivity contribution in [2.24, 2.45) is 0 Å². The fraction of sp³-hybridized carbons (Fsp3) is 0.286. The topological polar surface area (TPSA) is 47.9 Å². The molecule has 0 aliphatic carbocycles. The van der Waals surface area contributed by atoms with Crippen LogP contribution in [-0.4, -0.2) is 15.0 Å². The minimum absolute atomic E-state index is 0. The van der Waals surface area contributed by atoms with Crippen molar-refractivity contribution in [1.29, 1.82) is 0 Å². The Labute approximate surface area is 172 Å². The third-order valence-electron chi connectivity index (χ3n) is 4.12. The highest BCUT2D eigenvalue weighted by molar-refractivity contribution is 6.31. The van der Waals surface area contributed by atoms with Crippen LogP contribution in [0.25, 0.3) is 0 Å². The van der Waals surface area contributed by atoms with Crippen LogP contribution in [0.1, 0.15) is 36.4 Å². The van der Waals surface area contributed by atoms with Gasteiger partial charge in [-0.1, -0.05) is 31.2 Å². The van der Waals surface area contributed by atoms with Crippen LogP contribution < -0.4 is 4.74 Å². The first-order valence-electron chi connectivity index (χ1n) is 8.59. The van der Waals surface area contributed by atoms with Crippen LogP contribution in [0.3, 0.4) is 0 Å². The zero-order chi connectivity index (χ0) is 20.1. The molecule has 3 aromatic rings. The molecular formula is C21H21ClF3N3O. The van der Waals surface area contributed by atoms with Gasteiger partial charge in [0.05, 0.1) is 22.0 Å². The lowest BCUT2D eigenvalue weighted by Gasteiger charge is -2.09. The molecule has 0 atom stereocenters. The van der Waals surface area contributed by atoms with Gasteiger partial charge >= 0.3 is 6.18 Å². The zero-order valence-corrected chi connectivity index (χ0v) is 15.8. The van der Waals surface area contributed by atoms with Crippen molar-refractivity contribution in [3.63, 3.8) is 0 Å². The third-order valence-corrected chi connectivity index (χ3v) is 4.62. The van der Waals surface area contributed by atoms with Gasteiger partial charge in [-0.05, 0) is 49.9 Å². The molecule has 0 radical (unpaired) electrons. The van der Waals surface area contributed by atoms with E-state index < -0.39 is 11.7 Å². The molecule has 0 fully saturated rings. The molecular weight excluding hydrogens is 403 g/mol. The largest absolute Gasteiger partial charge is 0.439 e. The Balaban J connectivity index is 0.00000300. The van der Waals surface area contributed by atoms with Gasteiger partial charge < -0.3 is 4.74 Å². The zero-order valence-electron chi connectivity index (χ0n) is 15.0. The first-order valence-corrected chi connectivity index (χ1v) is 8.97. The Morgan fingerprint density at radius 1 is 0.966 bits per heavy atom. The predicted octanol–water partition coefficient (Wildman–Crippen LogP) is 6.46. The second-order valence-corrected chi connectivity index (χ2v) is 6.58. The standard InChI is InChI=1S/C20H17ClF3N3O.CH4/c1-13-19(21)17(27-12-26-13)4-2-3-14-5-8-16(9-6-14)28-18-10-7-15(11-25-18)20(22,23)24;/h5-12H,2-4H2,1H3;1H4. The third kappa shape index (κ3) is 6.15. The van der Waals surface area contributed by atoms with Gasteiger partial charge in [0, 0.05) is 12.3 Å². The van der Waals surface area contributed by atoms with Crippen molar-refractivity contribution in [2.45, 2.75) is 39.8 Å². The Morgan fingerprint density at radius 3 is 2.31 bits per heavy atom. The average molecular weight is 424 g/mol. The van der Waals surface area contributed by atoms with Crippen molar-refractivity contribution in [3.05, 3.63) is 76.5 Å². The smallest absolute Gasteiger partial charge is 0.417 e. The maximum atomic E-state index is 12.5. The van der Waals surface area contributed by atoms with E-state index in [1.807, 2.05) is 19.1 Å². The van der Waals surface area contributed by atoms with Gasteiger partial charge in [-0.15, -0.1) is 0 Å². The van der Waals surface area contributed by atoms with Crippen molar-refractivity contribution >= 4 is 11.6 Å². The Bertz CT molecular complexity index is 929. The second kappa shape index (κ2) is 9.69. The van der Waals surface area contributed by atoms with E-state index >= 15 is 0 Å². The lowest BCUT2D eigenvalue weighted by Crippen LogP contribution is -2.05. The monoisotopic (exact) mass is 423 g/mol. The first-order chi connectivity index (χ1) is 13.3. The number of pyridine rings is 1. The number of hydrogen-bond donors (Lipinski definition) is 0. The molecule has 2 aromatic heterocycles. The van der Waals surface area contributed by atoms with Gasteiger partial charge in [-0.2, -0.15) is 13.2 Å². The molecule has 29 heavy (non-hydrogen) atoms. The van der Waals surface area contributed by atoms with Crippen molar-refractivity contribution in [1.82, 2.24) is 15.0 Å². The van der Waals surface area contributed by atoms with E-state index in [0.29, 0.717) is 10.8 Å². The molecule has 0 amide bonds. The summed E-state index contributed by atoms with van der Waals surface area (Å²) in [4.78, 5) is 12.0. The number of aromatic nitrogens is 3. The SMILES string of the molecule is C.Cc1ncnc(CCCc2ccc(Oc3ccc(C(F)(F)F)cn3)cc2)c1Cl. The highest BCUT2D eigenvalue weighted by Gasteiger charge is 2.30. The van der Waals surface area contributed by atoms with Crippen molar-refractivity contribution < 1.29 is 17.9 Å². The predicted molar refractivity (Wildman–Crippen MR) is 106 cm³/mol. The highest BCUT2D eigenvalue weighted by Crippen LogP contribution is 2.30. The molecule has 154 valence electrons. The molecule has 4 nitrogen and oxygen atoms in total. The number of alkyl halides is 3. The molecule has 0 aliphatic heterocycles. The fourth-order valence-corrected chi connectivity index (χ4v) is 2.79. The molecule has 0 aliphatic rings. The minimum Gasteiger partial charge on any atom is -0.439 e. The van der Waals surface area contributed by atoms with E-state index in [-0.39, 0.29) is 13.3 Å². The van der Waals surface area contributed by atoms with Crippen molar-refractivity contribution in [2.75, 3.05) is 0 Å². The number of aryl methyl sites for hydroxylation is 3. The molecule has 0 spiro atoms. The number of benzene rings is 1. The summed E-state index contributed by atoms with van der Waals surface area (Å²) in [7, 11) is 0. The average Bonchev–Trinajstić information content (AvgIpc) is 2.66. The van der Waals surface area contributed by atoms with Gasteiger partial charge in [0.15, 0.2) is 0 Å². The summed E-state index contributed by atoms with van der Waals surface area (Å²) in [5.74, 6) is 0.611. The normalized spacial score (nSPS) is 11.1. The van der Waals surface area contributed by atoms with E-state index in [4.69, 9.17) is 16.3 Å². The summed E-state index contributed by atoms with van der Waals surface area (Å²) >= 11 is 6.20. The maximum absolute atomic E-state index is 12.5. The van der Waals surface area contributed by atoms with Crippen LogP contribution in [0.4, 0.5) is 13.2 Å². The number of hydrogen-bond acceptors (Lipinski definition) is 4. The van der Waals surface area contributed by atoms with Gasteiger partial charge in [0.1, 0.15) is 12.1 Å². The summed E-state index contributed by atoms with van der Waals surface area (Å²) in [6.07, 6.45) is 0.300. The molecule has 8 heteroatoms. The molecule has 0 bridgehead atoms. The summed E-state index contributed by atoms with van der Waals surface area (Å²) in [6, 6.07) is 9.48.